The monoisotopic (exact) mass is 973 g/mol. The number of nitrogens with zero attached hydrogens (tertiary/aromatic N) is 1. The molecule has 1 aromatic heterocycles. The van der Waals surface area contributed by atoms with Gasteiger partial charge in [0.15, 0.2) is 29.9 Å². The zero-order valence-electron chi connectivity index (χ0n) is 40.4. The van der Waals surface area contributed by atoms with Crippen LogP contribution >= 0.6 is 0 Å². The van der Waals surface area contributed by atoms with Crippen molar-refractivity contribution in [3.63, 3.8) is 0 Å². The van der Waals surface area contributed by atoms with Crippen LogP contribution in [0.5, 0.6) is 0 Å². The number of Topliss-reactive ketones (excluding diaryl/α,β-unsaturated/α-hetero) is 1. The number of pyridine rings is 1. The number of benzene rings is 3. The third kappa shape index (κ3) is 8.91. The molecule has 8 rings (SSSR count). The number of aryl methyl sites for hydroxylation is 1. The fraction of sp³-hybridized carbons (Fsp3) is 0.407. The Bertz CT molecular complexity index is 2780. The zero-order chi connectivity index (χ0) is 51.2. The predicted molar refractivity (Wildman–Crippen MR) is 249 cm³/mol. The maximum absolute atomic E-state index is 15.7. The highest BCUT2D eigenvalue weighted by atomic mass is 16.6. The molecule has 1 amide bonds. The minimum Gasteiger partial charge on any atom is -0.455 e. The van der Waals surface area contributed by atoms with E-state index in [1.54, 1.807) is 117 Å². The summed E-state index contributed by atoms with van der Waals surface area (Å²) in [5.74, 6) is -7.95. The van der Waals surface area contributed by atoms with Crippen molar-refractivity contribution in [1.82, 2.24) is 5.32 Å². The van der Waals surface area contributed by atoms with Gasteiger partial charge in [-0.15, -0.1) is 0 Å². The highest BCUT2D eigenvalue weighted by molar-refractivity contribution is 5.97. The molecule has 3 aliphatic carbocycles. The van der Waals surface area contributed by atoms with Gasteiger partial charge in [-0.05, 0) is 60.9 Å². The lowest BCUT2D eigenvalue weighted by molar-refractivity contribution is -0.671. The Morgan fingerprint density at radius 1 is 0.789 bits per heavy atom. The number of amides is 1. The summed E-state index contributed by atoms with van der Waals surface area (Å²) in [4.78, 5) is 100. The van der Waals surface area contributed by atoms with Gasteiger partial charge in [0.2, 0.25) is 6.10 Å². The van der Waals surface area contributed by atoms with Gasteiger partial charge in [0.1, 0.15) is 42.6 Å². The molecule has 17 nitrogen and oxygen atoms in total. The molecule has 2 heterocycles. The molecule has 2 bridgehead atoms. The van der Waals surface area contributed by atoms with Crippen LogP contribution in [0.3, 0.4) is 0 Å². The van der Waals surface area contributed by atoms with Crippen molar-refractivity contribution in [3.8, 4) is 0 Å². The average molecular weight is 974 g/mol. The average Bonchev–Trinajstić information content (AvgIpc) is 3.33. The summed E-state index contributed by atoms with van der Waals surface area (Å²) in [5, 5.41) is 29.0. The summed E-state index contributed by atoms with van der Waals surface area (Å²) in [5.41, 5.74) is -7.33. The van der Waals surface area contributed by atoms with Gasteiger partial charge in [-0.25, -0.2) is 19.0 Å². The SMILES string of the molecule is CC(=O)O[C@H]1C(=O)C2(C)C([C@H](OC(=O)c3ccccc3)[C@]3(O)C[C@H](OC(=O)[C@H](OC(=O)c4ccc[n+](C)c4)[C@H](NC(=O)c4ccccc4)c4ccccc4)C(C)=C1C3(C)C)[C@]1(OC(C)=O)CO[C@@H]1C[C@@H]2O. The molecule has 2 unspecified atom stereocenters. The Morgan fingerprint density at radius 2 is 1.39 bits per heavy atom. The molecule has 3 aromatic carbocycles. The molecular weight excluding hydrogens is 917 g/mol. The van der Waals surface area contributed by atoms with Crippen LogP contribution in [0, 0.1) is 16.7 Å². The Balaban J connectivity index is 1.31. The molecule has 1 aliphatic heterocycles. The first-order valence-corrected chi connectivity index (χ1v) is 23.3. The maximum Gasteiger partial charge on any atom is 0.350 e. The molecule has 4 aromatic rings. The minimum absolute atomic E-state index is 0.0345. The van der Waals surface area contributed by atoms with Crippen molar-refractivity contribution < 1.29 is 76.8 Å². The maximum atomic E-state index is 15.7. The summed E-state index contributed by atoms with van der Waals surface area (Å²) >= 11 is 0. The summed E-state index contributed by atoms with van der Waals surface area (Å²) < 4.78 is 38.6. The second-order valence-corrected chi connectivity index (χ2v) is 19.5. The van der Waals surface area contributed by atoms with Crippen molar-refractivity contribution in [2.45, 2.75) is 108 Å². The van der Waals surface area contributed by atoms with Crippen molar-refractivity contribution in [1.29, 1.82) is 0 Å². The van der Waals surface area contributed by atoms with Crippen LogP contribution in [0.1, 0.15) is 97.1 Å². The van der Waals surface area contributed by atoms with E-state index >= 15 is 9.59 Å². The van der Waals surface area contributed by atoms with Gasteiger partial charge < -0.3 is 44.0 Å². The lowest BCUT2D eigenvalue weighted by Crippen LogP contribution is -2.82. The van der Waals surface area contributed by atoms with E-state index in [-0.39, 0.29) is 40.9 Å². The number of hydrogen-bond donors (Lipinski definition) is 3. The summed E-state index contributed by atoms with van der Waals surface area (Å²) in [6, 6.07) is 25.9. The molecule has 372 valence electrons. The van der Waals surface area contributed by atoms with Crippen LogP contribution in [0.15, 0.2) is 127 Å². The summed E-state index contributed by atoms with van der Waals surface area (Å²) in [6.45, 7) is 7.92. The van der Waals surface area contributed by atoms with Crippen molar-refractivity contribution in [3.05, 3.63) is 149 Å². The number of fused-ring (bicyclic) bond motifs is 5. The number of aromatic nitrogens is 1. The quantitative estimate of drug-likeness (QED) is 0.0772. The van der Waals surface area contributed by atoms with E-state index < -0.39 is 119 Å². The van der Waals surface area contributed by atoms with Gasteiger partial charge in [0.25, 0.3) is 5.91 Å². The number of esters is 5. The van der Waals surface area contributed by atoms with E-state index in [1.807, 2.05) is 0 Å². The molecule has 3 N–H and O–H groups in total. The van der Waals surface area contributed by atoms with E-state index in [9.17, 15) is 34.2 Å². The van der Waals surface area contributed by atoms with E-state index in [2.05, 4.69) is 5.32 Å². The molecule has 3 fully saturated rings. The zero-order valence-corrected chi connectivity index (χ0v) is 40.4. The largest absolute Gasteiger partial charge is 0.455 e. The first kappa shape index (κ1) is 50.3. The molecular formula is C54H57N2O15+. The number of nitrogens with one attached hydrogen (secondary N) is 1. The second-order valence-electron chi connectivity index (χ2n) is 19.5. The Morgan fingerprint density at radius 3 is 1.97 bits per heavy atom. The molecule has 1 saturated heterocycles. The topological polar surface area (TPSA) is 231 Å². The number of ketones is 1. The molecule has 2 saturated carbocycles. The normalized spacial score (nSPS) is 29.2. The number of ether oxygens (including phenoxy) is 6. The van der Waals surface area contributed by atoms with Gasteiger partial charge in [0.05, 0.1) is 29.6 Å². The van der Waals surface area contributed by atoms with E-state index in [1.165, 1.54) is 38.2 Å². The Kier molecular flexibility index (Phi) is 13.6. The summed E-state index contributed by atoms with van der Waals surface area (Å²) in [7, 11) is 1.68. The van der Waals surface area contributed by atoms with E-state index in [0.29, 0.717) is 5.56 Å². The van der Waals surface area contributed by atoms with Gasteiger partial charge in [0, 0.05) is 43.7 Å². The van der Waals surface area contributed by atoms with Crippen LogP contribution in [0.25, 0.3) is 0 Å². The van der Waals surface area contributed by atoms with E-state index in [4.69, 9.17) is 28.4 Å². The van der Waals surface area contributed by atoms with Crippen LogP contribution < -0.4 is 9.88 Å². The molecule has 17 heteroatoms. The number of hydrogen-bond acceptors (Lipinski definition) is 15. The first-order chi connectivity index (χ1) is 33.6. The van der Waals surface area contributed by atoms with Gasteiger partial charge in [-0.3, -0.25) is 19.2 Å². The van der Waals surface area contributed by atoms with E-state index in [0.717, 1.165) is 13.8 Å². The molecule has 4 aliphatic rings. The fourth-order valence-electron chi connectivity index (χ4n) is 11.2. The van der Waals surface area contributed by atoms with Gasteiger partial charge in [-0.2, -0.15) is 0 Å². The molecule has 0 spiro atoms. The van der Waals surface area contributed by atoms with Crippen molar-refractivity contribution in [2.24, 2.45) is 23.8 Å². The third-order valence-corrected chi connectivity index (χ3v) is 14.9. The number of aliphatic hydroxyl groups is 2. The highest BCUT2D eigenvalue weighted by Crippen LogP contribution is 2.64. The fourth-order valence-corrected chi connectivity index (χ4v) is 11.2. The molecule has 11 atom stereocenters. The Labute approximate surface area is 410 Å². The summed E-state index contributed by atoms with van der Waals surface area (Å²) in [6.07, 6.45) is -7.59. The van der Waals surface area contributed by atoms with Crippen LogP contribution in [-0.2, 0) is 54.6 Å². The first-order valence-electron chi connectivity index (χ1n) is 23.3. The molecule has 0 radical (unpaired) electrons. The number of rotatable bonds is 12. The van der Waals surface area contributed by atoms with Gasteiger partial charge in [-0.1, -0.05) is 80.6 Å². The van der Waals surface area contributed by atoms with Crippen LogP contribution in [-0.4, -0.2) is 106 Å². The van der Waals surface area contributed by atoms with Crippen molar-refractivity contribution >= 4 is 41.5 Å². The Hall–Kier alpha value is -7.08. The third-order valence-electron chi connectivity index (χ3n) is 14.9. The lowest BCUT2D eigenvalue weighted by Gasteiger charge is -2.67. The van der Waals surface area contributed by atoms with Gasteiger partial charge >= 0.3 is 29.8 Å². The van der Waals surface area contributed by atoms with Crippen LogP contribution in [0.2, 0.25) is 0 Å². The minimum atomic E-state index is -2.46. The predicted octanol–water partition coefficient (Wildman–Crippen LogP) is 4.42. The second kappa shape index (κ2) is 19.3. The number of carbonyl (C=O) groups is 7. The number of carbonyl (C=O) groups excluding carboxylic acids is 7. The smallest absolute Gasteiger partial charge is 0.350 e. The highest BCUT2D eigenvalue weighted by Gasteiger charge is 2.78. The van der Waals surface area contributed by atoms with Crippen molar-refractivity contribution in [2.75, 3.05) is 6.61 Å². The molecule has 71 heavy (non-hydrogen) atoms. The number of aliphatic hydroxyl groups excluding tert-OH is 1. The standard InChI is InChI=1S/C54H56N2O15/c1-30-37(68-50(64)43(69-49(63)36-24-17-25-56(7)28-36)41(33-18-11-8-12-19-33)55-47(61)34-20-13-9-14-21-34)27-54(65)46(70-48(62)35-22-15-10-16-23-35)44-52(6,38(59)26-39-53(44,29-66-39)71-32(3)58)45(60)42(67-31(2)57)40(30)51(54,4)5/h8-25,28,37-39,41-44,46,59,65H,26-27,29H2,1-7H3/p+1/t37-,38-,39+,41+,42+,43+,44?,46-,52?,53-,54+/m0/s1. The lowest BCUT2D eigenvalue weighted by atomic mass is 9.44. The van der Waals surface area contributed by atoms with Crippen LogP contribution in [0.4, 0.5) is 0 Å².